The predicted molar refractivity (Wildman–Crippen MR) is 84.6 cm³/mol. The van der Waals surface area contributed by atoms with Crippen LogP contribution in [-0.4, -0.2) is 21.8 Å². The smallest absolute Gasteiger partial charge is 0.175 e. The second kappa shape index (κ2) is 6.18. The molecule has 0 fully saturated rings. The van der Waals surface area contributed by atoms with E-state index in [-0.39, 0.29) is 0 Å². The van der Waals surface area contributed by atoms with Gasteiger partial charge < -0.3 is 10.1 Å². The summed E-state index contributed by atoms with van der Waals surface area (Å²) in [5.41, 5.74) is 3.09. The van der Waals surface area contributed by atoms with E-state index in [0.717, 1.165) is 17.0 Å². The molecule has 0 radical (unpaired) electrons. The maximum absolute atomic E-state index is 11.4. The Labute approximate surface area is 125 Å². The molecular weight excluding hydrogens is 286 g/mol. The van der Waals surface area contributed by atoms with Crippen molar-refractivity contribution in [3.8, 4) is 5.75 Å². The topological polar surface area (TPSA) is 55.4 Å². The lowest BCUT2D eigenvalue weighted by Crippen LogP contribution is -2.03. The lowest BCUT2D eigenvalue weighted by atomic mass is 10.1. The van der Waals surface area contributed by atoms with Crippen LogP contribution in [0.2, 0.25) is 0 Å². The van der Waals surface area contributed by atoms with Gasteiger partial charge >= 0.3 is 0 Å². The molecule has 0 aliphatic heterocycles. The summed E-state index contributed by atoms with van der Waals surface area (Å²) in [6, 6.07) is 12.7. The first-order chi connectivity index (χ1) is 9.90. The molecule has 5 heteroatoms. The molecule has 0 amide bonds. The van der Waals surface area contributed by atoms with Gasteiger partial charge in [0, 0.05) is 24.1 Å². The van der Waals surface area contributed by atoms with Gasteiger partial charge in [-0.1, -0.05) is 17.7 Å². The van der Waals surface area contributed by atoms with Gasteiger partial charge in [-0.25, -0.2) is 8.42 Å². The molecule has 0 bridgehead atoms. The van der Waals surface area contributed by atoms with Gasteiger partial charge in [-0.05, 0) is 37.3 Å². The van der Waals surface area contributed by atoms with E-state index in [1.165, 1.54) is 11.8 Å². The number of sulfone groups is 1. The Kier molecular flexibility index (Phi) is 4.53. The third-order valence-electron chi connectivity index (χ3n) is 3.20. The molecule has 0 aromatic heterocycles. The maximum Gasteiger partial charge on any atom is 0.175 e. The van der Waals surface area contributed by atoms with Crippen molar-refractivity contribution in [2.24, 2.45) is 0 Å². The van der Waals surface area contributed by atoms with Crippen LogP contribution >= 0.6 is 0 Å². The van der Waals surface area contributed by atoms with Crippen LogP contribution in [0.1, 0.15) is 11.1 Å². The summed E-state index contributed by atoms with van der Waals surface area (Å²) in [5.74, 6) is 0.834. The van der Waals surface area contributed by atoms with Crippen molar-refractivity contribution in [1.82, 2.24) is 0 Å². The molecule has 0 unspecified atom stereocenters. The van der Waals surface area contributed by atoms with E-state index in [1.54, 1.807) is 31.4 Å². The number of hydrogen-bond donors (Lipinski definition) is 1. The fraction of sp³-hybridized carbons (Fsp3) is 0.250. The number of ether oxygens (including phenoxy) is 1. The Bertz CT molecular complexity index is 722. The standard InChI is InChI=1S/C16H19NO3S/c1-12-4-9-16(20-2)13(10-12)11-17-14-5-7-15(8-6-14)21(3,18)19/h4-10,17H,11H2,1-3H3. The van der Waals surface area contributed by atoms with Crippen molar-refractivity contribution < 1.29 is 13.2 Å². The molecule has 21 heavy (non-hydrogen) atoms. The van der Waals surface area contributed by atoms with Crippen molar-refractivity contribution in [3.63, 3.8) is 0 Å². The first kappa shape index (κ1) is 15.4. The highest BCUT2D eigenvalue weighted by Gasteiger charge is 2.07. The number of hydrogen-bond acceptors (Lipinski definition) is 4. The van der Waals surface area contributed by atoms with Gasteiger partial charge in [-0.15, -0.1) is 0 Å². The van der Waals surface area contributed by atoms with Crippen LogP contribution in [0.25, 0.3) is 0 Å². The lowest BCUT2D eigenvalue weighted by molar-refractivity contribution is 0.410. The molecule has 0 heterocycles. The predicted octanol–water partition coefficient (Wildman–Crippen LogP) is 3.02. The molecule has 0 spiro atoms. The average Bonchev–Trinajstić information content (AvgIpc) is 2.45. The summed E-state index contributed by atoms with van der Waals surface area (Å²) in [6.45, 7) is 2.65. The van der Waals surface area contributed by atoms with Gasteiger partial charge in [0.15, 0.2) is 9.84 Å². The van der Waals surface area contributed by atoms with Crippen molar-refractivity contribution in [2.45, 2.75) is 18.4 Å². The van der Waals surface area contributed by atoms with E-state index >= 15 is 0 Å². The van der Waals surface area contributed by atoms with Gasteiger partial charge in [-0.3, -0.25) is 0 Å². The van der Waals surface area contributed by atoms with Crippen molar-refractivity contribution >= 4 is 15.5 Å². The number of benzene rings is 2. The zero-order valence-corrected chi connectivity index (χ0v) is 13.2. The van der Waals surface area contributed by atoms with Crippen molar-refractivity contribution in [3.05, 3.63) is 53.6 Å². The van der Waals surface area contributed by atoms with E-state index in [0.29, 0.717) is 11.4 Å². The largest absolute Gasteiger partial charge is 0.496 e. The summed E-state index contributed by atoms with van der Waals surface area (Å²) in [6.07, 6.45) is 1.20. The Morgan fingerprint density at radius 3 is 2.33 bits per heavy atom. The lowest BCUT2D eigenvalue weighted by Gasteiger charge is -2.11. The SMILES string of the molecule is COc1ccc(C)cc1CNc1ccc(S(C)(=O)=O)cc1. The Morgan fingerprint density at radius 2 is 1.76 bits per heavy atom. The van der Waals surface area contributed by atoms with Gasteiger partial charge in [0.25, 0.3) is 0 Å². The summed E-state index contributed by atoms with van der Waals surface area (Å²) in [7, 11) is -1.50. The molecular formula is C16H19NO3S. The second-order valence-electron chi connectivity index (χ2n) is 4.97. The Hall–Kier alpha value is -2.01. The first-order valence-electron chi connectivity index (χ1n) is 6.57. The van der Waals surface area contributed by atoms with E-state index in [1.807, 2.05) is 19.1 Å². The van der Waals surface area contributed by atoms with Gasteiger partial charge in [0.1, 0.15) is 5.75 Å². The zero-order chi connectivity index (χ0) is 15.5. The average molecular weight is 305 g/mol. The number of aryl methyl sites for hydroxylation is 1. The fourth-order valence-corrected chi connectivity index (χ4v) is 2.69. The summed E-state index contributed by atoms with van der Waals surface area (Å²) < 4.78 is 28.1. The molecule has 4 nitrogen and oxygen atoms in total. The van der Waals surface area contributed by atoms with E-state index in [2.05, 4.69) is 11.4 Å². The number of rotatable bonds is 5. The highest BCUT2D eigenvalue weighted by atomic mass is 32.2. The molecule has 0 saturated heterocycles. The molecule has 2 rings (SSSR count). The number of nitrogens with one attached hydrogen (secondary N) is 1. The molecule has 1 N–H and O–H groups in total. The number of anilines is 1. The Balaban J connectivity index is 2.12. The zero-order valence-electron chi connectivity index (χ0n) is 12.4. The van der Waals surface area contributed by atoms with Crippen molar-refractivity contribution in [2.75, 3.05) is 18.7 Å². The third kappa shape index (κ3) is 3.98. The molecule has 0 aliphatic carbocycles. The molecule has 2 aromatic carbocycles. The maximum atomic E-state index is 11.4. The van der Waals surface area contributed by atoms with Crippen LogP contribution in [0.3, 0.4) is 0 Å². The van der Waals surface area contributed by atoms with Gasteiger partial charge in [-0.2, -0.15) is 0 Å². The third-order valence-corrected chi connectivity index (χ3v) is 4.33. The first-order valence-corrected chi connectivity index (χ1v) is 8.47. The van der Waals surface area contributed by atoms with E-state index in [9.17, 15) is 8.42 Å². The van der Waals surface area contributed by atoms with Gasteiger partial charge in [0.2, 0.25) is 0 Å². The molecule has 0 saturated carbocycles. The minimum Gasteiger partial charge on any atom is -0.496 e. The van der Waals surface area contributed by atoms with Crippen LogP contribution in [0.4, 0.5) is 5.69 Å². The monoisotopic (exact) mass is 305 g/mol. The molecule has 0 atom stereocenters. The summed E-state index contributed by atoms with van der Waals surface area (Å²) in [5, 5.41) is 3.27. The molecule has 2 aromatic rings. The molecule has 112 valence electrons. The fourth-order valence-electron chi connectivity index (χ4n) is 2.06. The van der Waals surface area contributed by atoms with E-state index in [4.69, 9.17) is 4.74 Å². The van der Waals surface area contributed by atoms with Crippen LogP contribution in [0.5, 0.6) is 5.75 Å². The summed E-state index contributed by atoms with van der Waals surface area (Å²) >= 11 is 0. The van der Waals surface area contributed by atoms with Crippen LogP contribution in [-0.2, 0) is 16.4 Å². The highest BCUT2D eigenvalue weighted by Crippen LogP contribution is 2.21. The minimum atomic E-state index is -3.15. The minimum absolute atomic E-state index is 0.321. The van der Waals surface area contributed by atoms with E-state index < -0.39 is 9.84 Å². The normalized spacial score (nSPS) is 11.2. The quantitative estimate of drug-likeness (QED) is 0.922. The van der Waals surface area contributed by atoms with Gasteiger partial charge in [0.05, 0.1) is 12.0 Å². The summed E-state index contributed by atoms with van der Waals surface area (Å²) in [4.78, 5) is 0.321. The van der Waals surface area contributed by atoms with Crippen LogP contribution in [0, 0.1) is 6.92 Å². The number of methoxy groups -OCH3 is 1. The van der Waals surface area contributed by atoms with Crippen LogP contribution < -0.4 is 10.1 Å². The van der Waals surface area contributed by atoms with Crippen molar-refractivity contribution in [1.29, 1.82) is 0 Å². The van der Waals surface area contributed by atoms with Crippen LogP contribution in [0.15, 0.2) is 47.4 Å². The highest BCUT2D eigenvalue weighted by molar-refractivity contribution is 7.90. The Morgan fingerprint density at radius 1 is 1.10 bits per heavy atom. The molecule has 0 aliphatic rings. The second-order valence-corrected chi connectivity index (χ2v) is 6.98.